The van der Waals surface area contributed by atoms with Crippen LogP contribution in [0, 0.1) is 0 Å². The first-order valence-electron chi connectivity index (χ1n) is 11.9. The van der Waals surface area contributed by atoms with Gasteiger partial charge in [0, 0.05) is 23.0 Å². The Morgan fingerprint density at radius 1 is 0.629 bits per heavy atom. The monoisotopic (exact) mass is 468 g/mol. The quantitative estimate of drug-likeness (QED) is 0.285. The smallest absolute Gasteiger partial charge is 0.137 e. The summed E-state index contributed by atoms with van der Waals surface area (Å²) >= 11 is 0. The van der Waals surface area contributed by atoms with Crippen LogP contribution in [-0.4, -0.2) is 22.6 Å². The summed E-state index contributed by atoms with van der Waals surface area (Å²) in [6.07, 6.45) is 3.84. The lowest BCUT2D eigenvalue weighted by atomic mass is 10.2. The van der Waals surface area contributed by atoms with Gasteiger partial charge in [-0.1, -0.05) is 67.7 Å². The molecule has 7 rings (SSSR count). The molecule has 5 heteroatoms. The van der Waals surface area contributed by atoms with Crippen molar-refractivity contribution in [2.45, 2.75) is 13.1 Å². The Bertz CT molecular complexity index is 1630. The molecule has 4 nitrogen and oxygen atoms in total. The predicted molar refractivity (Wildman–Crippen MR) is 148 cm³/mol. The Kier molecular flexibility index (Phi) is 4.26. The molecule has 1 aliphatic heterocycles. The zero-order valence-electron chi connectivity index (χ0n) is 19.7. The molecule has 3 aromatic carbocycles. The molecule has 0 radical (unpaired) electrons. The minimum Gasteiger partial charge on any atom is -0.306 e. The van der Waals surface area contributed by atoms with Crippen LogP contribution in [0.5, 0.6) is 0 Å². The standard InChI is InChI=1S/C30H24N4Si/c1-35(2)27-15-7-5-12-24(27)34(25-13-6-8-16-28(25)35)29-18-17-21(20-32-29)33-23-11-4-3-10-22(23)30-26(33)14-9-19-31-30/h3-20H,1-2H3. The van der Waals surface area contributed by atoms with E-state index in [1.807, 2.05) is 18.5 Å². The van der Waals surface area contributed by atoms with Gasteiger partial charge >= 0.3 is 0 Å². The van der Waals surface area contributed by atoms with Crippen molar-refractivity contribution in [3.05, 3.63) is 109 Å². The highest BCUT2D eigenvalue weighted by molar-refractivity contribution is 7.02. The molecule has 0 spiro atoms. The van der Waals surface area contributed by atoms with Crippen LogP contribution in [0.3, 0.4) is 0 Å². The van der Waals surface area contributed by atoms with Gasteiger partial charge in [0.1, 0.15) is 13.9 Å². The van der Waals surface area contributed by atoms with Crippen LogP contribution < -0.4 is 15.3 Å². The molecule has 1 aliphatic rings. The fourth-order valence-electron chi connectivity index (χ4n) is 5.62. The third kappa shape index (κ3) is 2.85. The zero-order valence-corrected chi connectivity index (χ0v) is 20.7. The molecular weight excluding hydrogens is 444 g/mol. The summed E-state index contributed by atoms with van der Waals surface area (Å²) in [6.45, 7) is 4.88. The highest BCUT2D eigenvalue weighted by Crippen LogP contribution is 2.37. The first-order chi connectivity index (χ1) is 17.1. The molecule has 0 saturated carbocycles. The number of fused-ring (bicyclic) bond motifs is 5. The molecule has 4 heterocycles. The Balaban J connectivity index is 1.41. The molecule has 35 heavy (non-hydrogen) atoms. The number of anilines is 3. The van der Waals surface area contributed by atoms with E-state index >= 15 is 0 Å². The lowest BCUT2D eigenvalue weighted by molar-refractivity contribution is 1.11. The van der Waals surface area contributed by atoms with Gasteiger partial charge in [-0.25, -0.2) is 4.98 Å². The van der Waals surface area contributed by atoms with Gasteiger partial charge in [-0.3, -0.25) is 9.88 Å². The second kappa shape index (κ2) is 7.39. The van der Waals surface area contributed by atoms with Crippen molar-refractivity contribution < 1.29 is 0 Å². The number of hydrogen-bond acceptors (Lipinski definition) is 3. The molecule has 0 unspecified atom stereocenters. The summed E-state index contributed by atoms with van der Waals surface area (Å²) in [5.41, 5.74) is 6.75. The van der Waals surface area contributed by atoms with E-state index in [0.29, 0.717) is 0 Å². The van der Waals surface area contributed by atoms with Crippen LogP contribution in [0.1, 0.15) is 0 Å². The third-order valence-corrected chi connectivity index (χ3v) is 10.8. The first-order valence-corrected chi connectivity index (χ1v) is 14.9. The van der Waals surface area contributed by atoms with E-state index in [1.54, 1.807) is 0 Å². The van der Waals surface area contributed by atoms with Crippen LogP contribution >= 0.6 is 0 Å². The molecule has 0 saturated heterocycles. The number of pyridine rings is 2. The third-order valence-electron chi connectivity index (χ3n) is 7.28. The van der Waals surface area contributed by atoms with Gasteiger partial charge in [-0.05, 0) is 52.8 Å². The number of benzene rings is 3. The highest BCUT2D eigenvalue weighted by Gasteiger charge is 2.38. The molecule has 6 aromatic rings. The summed E-state index contributed by atoms with van der Waals surface area (Å²) in [5.74, 6) is 0.928. The predicted octanol–water partition coefficient (Wildman–Crippen LogP) is 6.18. The molecule has 168 valence electrons. The van der Waals surface area contributed by atoms with Gasteiger partial charge in [0.25, 0.3) is 0 Å². The topological polar surface area (TPSA) is 34.0 Å². The van der Waals surface area contributed by atoms with Crippen LogP contribution in [0.4, 0.5) is 17.2 Å². The minimum absolute atomic E-state index is 0.928. The van der Waals surface area contributed by atoms with E-state index in [-0.39, 0.29) is 0 Å². The van der Waals surface area contributed by atoms with Gasteiger partial charge < -0.3 is 4.57 Å². The minimum atomic E-state index is -1.80. The lowest BCUT2D eigenvalue weighted by Crippen LogP contribution is -2.58. The summed E-state index contributed by atoms with van der Waals surface area (Å²) in [5, 5.41) is 4.04. The maximum Gasteiger partial charge on any atom is 0.137 e. The molecule has 0 aliphatic carbocycles. The van der Waals surface area contributed by atoms with Crippen LogP contribution in [-0.2, 0) is 0 Å². The van der Waals surface area contributed by atoms with Gasteiger partial charge in [-0.15, -0.1) is 0 Å². The molecular formula is C30H24N4Si. The van der Waals surface area contributed by atoms with Crippen molar-refractivity contribution in [2.75, 3.05) is 4.90 Å². The molecule has 0 fully saturated rings. The fraction of sp³-hybridized carbons (Fsp3) is 0.0667. The Hall–Kier alpha value is -4.22. The maximum atomic E-state index is 5.02. The normalized spacial score (nSPS) is 14.2. The van der Waals surface area contributed by atoms with E-state index in [0.717, 1.165) is 33.4 Å². The summed E-state index contributed by atoms with van der Waals surface area (Å²) in [4.78, 5) is 12.0. The zero-order chi connectivity index (χ0) is 23.6. The van der Waals surface area contributed by atoms with Crippen LogP contribution in [0.15, 0.2) is 109 Å². The number of aromatic nitrogens is 3. The van der Waals surface area contributed by atoms with Gasteiger partial charge in [0.15, 0.2) is 0 Å². The number of nitrogens with zero attached hydrogens (tertiary/aromatic N) is 4. The second-order valence-corrected chi connectivity index (χ2v) is 13.9. The first kappa shape index (κ1) is 20.2. The van der Waals surface area contributed by atoms with E-state index in [2.05, 4.69) is 119 Å². The summed E-state index contributed by atoms with van der Waals surface area (Å²) < 4.78 is 2.25. The number of para-hydroxylation sites is 3. The average molecular weight is 469 g/mol. The Labute approximate surface area is 205 Å². The van der Waals surface area contributed by atoms with E-state index in [4.69, 9.17) is 4.98 Å². The molecule has 3 aromatic heterocycles. The Morgan fingerprint density at radius 2 is 1.29 bits per heavy atom. The molecule has 0 amide bonds. The van der Waals surface area contributed by atoms with E-state index in [1.165, 1.54) is 21.7 Å². The van der Waals surface area contributed by atoms with E-state index in [9.17, 15) is 0 Å². The van der Waals surface area contributed by atoms with Gasteiger partial charge in [0.2, 0.25) is 0 Å². The average Bonchev–Trinajstić information content (AvgIpc) is 3.24. The van der Waals surface area contributed by atoms with Crippen LogP contribution in [0.25, 0.3) is 27.6 Å². The van der Waals surface area contributed by atoms with Gasteiger partial charge in [0.05, 0.1) is 28.4 Å². The lowest BCUT2D eigenvalue weighted by Gasteiger charge is -2.40. The number of rotatable bonds is 2. The molecule has 0 bridgehead atoms. The second-order valence-electron chi connectivity index (χ2n) is 9.59. The summed E-state index contributed by atoms with van der Waals surface area (Å²) in [6, 6.07) is 34.5. The number of hydrogen-bond donors (Lipinski definition) is 0. The maximum absolute atomic E-state index is 5.02. The Morgan fingerprint density at radius 3 is 2.00 bits per heavy atom. The van der Waals surface area contributed by atoms with Crippen molar-refractivity contribution in [1.29, 1.82) is 0 Å². The molecule has 0 atom stereocenters. The molecule has 0 N–H and O–H groups in total. The van der Waals surface area contributed by atoms with Crippen molar-refractivity contribution in [2.24, 2.45) is 0 Å². The highest BCUT2D eigenvalue weighted by atomic mass is 28.3. The van der Waals surface area contributed by atoms with Crippen molar-refractivity contribution in [1.82, 2.24) is 14.5 Å². The van der Waals surface area contributed by atoms with E-state index < -0.39 is 8.07 Å². The van der Waals surface area contributed by atoms with Crippen molar-refractivity contribution in [3.8, 4) is 5.69 Å². The van der Waals surface area contributed by atoms with Crippen molar-refractivity contribution >= 4 is 57.6 Å². The van der Waals surface area contributed by atoms with Gasteiger partial charge in [-0.2, -0.15) is 0 Å². The SMILES string of the molecule is C[Si]1(C)c2ccccc2N(c2ccc(-n3c4ccccc4c4ncccc43)cn2)c2ccccc21. The van der Waals surface area contributed by atoms with Crippen molar-refractivity contribution in [3.63, 3.8) is 0 Å². The summed E-state index contributed by atoms with van der Waals surface area (Å²) in [7, 11) is -1.80. The largest absolute Gasteiger partial charge is 0.306 e. The van der Waals surface area contributed by atoms with Crippen LogP contribution in [0.2, 0.25) is 13.1 Å². The fourth-order valence-corrected chi connectivity index (χ4v) is 8.61.